The van der Waals surface area contributed by atoms with Crippen LogP contribution in [0.5, 0.6) is 5.75 Å². The van der Waals surface area contributed by atoms with E-state index < -0.39 is 5.97 Å². The van der Waals surface area contributed by atoms with Crippen molar-refractivity contribution in [3.05, 3.63) is 29.8 Å². The number of hydrogen-bond donors (Lipinski definition) is 2. The van der Waals surface area contributed by atoms with Gasteiger partial charge in [0.05, 0.1) is 12.1 Å². The number of ether oxygens (including phenoxy) is 1. The highest BCUT2D eigenvalue weighted by atomic mass is 19.2. The van der Waals surface area contributed by atoms with Gasteiger partial charge in [0.25, 0.3) is 0 Å². The van der Waals surface area contributed by atoms with Crippen molar-refractivity contribution in [3.63, 3.8) is 0 Å². The Bertz CT molecular complexity index is 299. The minimum absolute atomic E-state index is 0.0979. The van der Waals surface area contributed by atoms with Gasteiger partial charge in [0.2, 0.25) is 0 Å². The number of halogens is 1. The smallest absolute Gasteiger partial charge is 0.335 e. The third-order valence-corrected chi connectivity index (χ3v) is 1.57. The Kier molecular flexibility index (Phi) is 3.87. The zero-order chi connectivity index (χ0) is 10.4. The molecule has 1 rings (SSSR count). The Hall–Kier alpha value is -1.62. The molecule has 0 radical (unpaired) electrons. The minimum atomic E-state index is -0.984. The van der Waals surface area contributed by atoms with Crippen LogP contribution in [0, 0.1) is 0 Å². The summed E-state index contributed by atoms with van der Waals surface area (Å²) in [6, 6.07) is 5.92. The van der Waals surface area contributed by atoms with Crippen molar-refractivity contribution in [2.24, 2.45) is 0 Å². The maximum atomic E-state index is 11.5. The molecule has 0 saturated heterocycles. The summed E-state index contributed by atoms with van der Waals surface area (Å²) >= 11 is 0. The Balaban J connectivity index is 2.51. The first kappa shape index (κ1) is 10.5. The van der Waals surface area contributed by atoms with E-state index in [1.807, 2.05) is 0 Å². The van der Waals surface area contributed by atoms with Gasteiger partial charge in [-0.25, -0.2) is 4.79 Å². The molecule has 0 fully saturated rings. The van der Waals surface area contributed by atoms with Crippen molar-refractivity contribution in [2.45, 2.75) is 0 Å². The van der Waals surface area contributed by atoms with Gasteiger partial charge in [0, 0.05) is 0 Å². The normalized spacial score (nSPS) is 9.79. The fraction of sp³-hybridized carbons (Fsp3) is 0.222. The second kappa shape index (κ2) is 5.18. The van der Waals surface area contributed by atoms with Gasteiger partial charge >= 0.3 is 5.97 Å². The van der Waals surface area contributed by atoms with Gasteiger partial charge in [0.1, 0.15) is 12.4 Å². The summed E-state index contributed by atoms with van der Waals surface area (Å²) in [5, 5.41) is 8.59. The molecule has 5 heteroatoms. The van der Waals surface area contributed by atoms with Gasteiger partial charge in [0.15, 0.2) is 0 Å². The number of carboxylic acids is 1. The lowest BCUT2D eigenvalue weighted by molar-refractivity contribution is 0.0697. The van der Waals surface area contributed by atoms with Gasteiger partial charge in [-0.05, 0) is 24.3 Å². The van der Waals surface area contributed by atoms with Crippen molar-refractivity contribution in [1.82, 2.24) is 5.54 Å². The average molecular weight is 199 g/mol. The van der Waals surface area contributed by atoms with Crippen LogP contribution in [0.1, 0.15) is 10.4 Å². The highest BCUT2D eigenvalue weighted by Crippen LogP contribution is 2.11. The second-order valence-electron chi connectivity index (χ2n) is 2.56. The van der Waals surface area contributed by atoms with E-state index in [0.717, 1.165) is 0 Å². The van der Waals surface area contributed by atoms with Crippen LogP contribution in [0.2, 0.25) is 0 Å². The fourth-order valence-electron chi connectivity index (χ4n) is 0.901. The molecule has 0 atom stereocenters. The van der Waals surface area contributed by atoms with Crippen LogP contribution in [0.25, 0.3) is 0 Å². The summed E-state index contributed by atoms with van der Waals surface area (Å²) in [6.45, 7) is 0.295. The van der Waals surface area contributed by atoms with Crippen molar-refractivity contribution in [3.8, 4) is 5.75 Å². The Morgan fingerprint density at radius 2 is 2.07 bits per heavy atom. The van der Waals surface area contributed by atoms with Crippen molar-refractivity contribution in [1.29, 1.82) is 0 Å². The van der Waals surface area contributed by atoms with Crippen molar-refractivity contribution < 1.29 is 19.1 Å². The third-order valence-electron chi connectivity index (χ3n) is 1.57. The predicted molar refractivity (Wildman–Crippen MR) is 48.0 cm³/mol. The molecule has 0 bridgehead atoms. The van der Waals surface area contributed by atoms with Crippen molar-refractivity contribution in [2.75, 3.05) is 13.2 Å². The first-order chi connectivity index (χ1) is 6.74. The van der Waals surface area contributed by atoms with Gasteiger partial charge in [-0.1, -0.05) is 0 Å². The maximum absolute atomic E-state index is 11.5. The highest BCUT2D eigenvalue weighted by Gasteiger charge is 2.01. The maximum Gasteiger partial charge on any atom is 0.335 e. The number of benzene rings is 1. The zero-order valence-electron chi connectivity index (χ0n) is 7.37. The van der Waals surface area contributed by atoms with Crippen LogP contribution in [-0.2, 0) is 0 Å². The van der Waals surface area contributed by atoms with E-state index in [-0.39, 0.29) is 18.7 Å². The molecule has 0 spiro atoms. The lowest BCUT2D eigenvalue weighted by Gasteiger charge is -2.04. The molecule has 4 nitrogen and oxygen atoms in total. The summed E-state index contributed by atoms with van der Waals surface area (Å²) in [5.74, 6) is -0.466. The molecule has 0 aliphatic heterocycles. The molecule has 1 aromatic carbocycles. The lowest BCUT2D eigenvalue weighted by atomic mass is 10.2. The summed E-state index contributed by atoms with van der Waals surface area (Å²) < 4.78 is 16.5. The van der Waals surface area contributed by atoms with Crippen LogP contribution in [0.3, 0.4) is 0 Å². The molecule has 0 amide bonds. The Labute approximate surface area is 80.2 Å². The quantitative estimate of drug-likeness (QED) is 0.553. The van der Waals surface area contributed by atoms with Gasteiger partial charge in [-0.2, -0.15) is 5.54 Å². The molecule has 0 aliphatic carbocycles. The monoisotopic (exact) mass is 199 g/mol. The lowest BCUT2D eigenvalue weighted by Crippen LogP contribution is -2.12. The molecule has 0 heterocycles. The molecule has 2 N–H and O–H groups in total. The molecule has 14 heavy (non-hydrogen) atoms. The molecule has 0 aromatic heterocycles. The van der Waals surface area contributed by atoms with Crippen LogP contribution < -0.4 is 10.3 Å². The van der Waals surface area contributed by atoms with Crippen LogP contribution in [0.15, 0.2) is 24.3 Å². The number of hydrogen-bond acceptors (Lipinski definition) is 3. The van der Waals surface area contributed by atoms with E-state index >= 15 is 0 Å². The molecule has 0 saturated carbocycles. The first-order valence-corrected chi connectivity index (χ1v) is 4.03. The van der Waals surface area contributed by atoms with E-state index in [1.165, 1.54) is 29.8 Å². The minimum Gasteiger partial charge on any atom is -0.492 e. The van der Waals surface area contributed by atoms with E-state index in [0.29, 0.717) is 5.75 Å². The molecule has 0 aliphatic rings. The number of rotatable bonds is 5. The highest BCUT2D eigenvalue weighted by molar-refractivity contribution is 5.87. The topological polar surface area (TPSA) is 58.6 Å². The van der Waals surface area contributed by atoms with E-state index in [9.17, 15) is 9.28 Å². The summed E-state index contributed by atoms with van der Waals surface area (Å²) in [4.78, 5) is 10.5. The van der Waals surface area contributed by atoms with Gasteiger partial charge in [-0.15, -0.1) is 4.48 Å². The molecule has 0 unspecified atom stereocenters. The Morgan fingerprint density at radius 3 is 2.57 bits per heavy atom. The van der Waals surface area contributed by atoms with Gasteiger partial charge < -0.3 is 9.84 Å². The third kappa shape index (κ3) is 3.02. The van der Waals surface area contributed by atoms with E-state index in [2.05, 4.69) is 0 Å². The molecule has 1 aromatic rings. The van der Waals surface area contributed by atoms with Crippen LogP contribution in [-0.4, -0.2) is 24.2 Å². The Morgan fingerprint density at radius 1 is 1.43 bits per heavy atom. The van der Waals surface area contributed by atoms with Crippen LogP contribution in [0.4, 0.5) is 4.48 Å². The number of nitrogens with one attached hydrogen (secondary N) is 1. The number of carboxylic acid groups (broad SMARTS) is 1. The standard InChI is InChI=1S/C9H10FNO3/c10-11-5-6-14-8-3-1-7(2-4-8)9(12)13/h1-4,11H,5-6H2,(H,12,13). The second-order valence-corrected chi connectivity index (χ2v) is 2.56. The summed E-state index contributed by atoms with van der Waals surface area (Å²) in [6.07, 6.45) is 0. The van der Waals surface area contributed by atoms with E-state index in [1.54, 1.807) is 0 Å². The molecule has 76 valence electrons. The number of carbonyl (C=O) groups is 1. The van der Waals surface area contributed by atoms with Crippen LogP contribution >= 0.6 is 0 Å². The SMILES string of the molecule is O=C(O)c1ccc(OCCNF)cc1. The zero-order valence-corrected chi connectivity index (χ0v) is 7.37. The number of aromatic carboxylic acids is 1. The first-order valence-electron chi connectivity index (χ1n) is 4.03. The summed E-state index contributed by atoms with van der Waals surface area (Å²) in [5.41, 5.74) is 1.64. The average Bonchev–Trinajstić information content (AvgIpc) is 2.19. The van der Waals surface area contributed by atoms with E-state index in [4.69, 9.17) is 9.84 Å². The molecular weight excluding hydrogens is 189 g/mol. The molecular formula is C9H10FNO3. The van der Waals surface area contributed by atoms with Gasteiger partial charge in [-0.3, -0.25) is 0 Å². The fourth-order valence-corrected chi connectivity index (χ4v) is 0.901. The van der Waals surface area contributed by atoms with Crippen molar-refractivity contribution >= 4 is 5.97 Å². The predicted octanol–water partition coefficient (Wildman–Crippen LogP) is 1.24. The largest absolute Gasteiger partial charge is 0.492 e. The summed E-state index contributed by atoms with van der Waals surface area (Å²) in [7, 11) is 0.